The SMILES string of the molecule is CC(CNc1cncc2nnnn12)C(C)(C)C. The van der Waals surface area contributed by atoms with Gasteiger partial charge >= 0.3 is 0 Å². The lowest BCUT2D eigenvalue weighted by Gasteiger charge is -2.27. The van der Waals surface area contributed by atoms with Crippen molar-refractivity contribution in [2.75, 3.05) is 11.9 Å². The number of hydrogen-bond acceptors (Lipinski definition) is 5. The highest BCUT2D eigenvalue weighted by atomic mass is 15.5. The molecule has 2 aromatic heterocycles. The summed E-state index contributed by atoms with van der Waals surface area (Å²) in [5.41, 5.74) is 0.924. The van der Waals surface area contributed by atoms with E-state index in [1.54, 1.807) is 16.9 Å². The van der Waals surface area contributed by atoms with Crippen LogP contribution in [0.4, 0.5) is 5.82 Å². The van der Waals surface area contributed by atoms with Gasteiger partial charge in [-0.05, 0) is 21.8 Å². The summed E-state index contributed by atoms with van der Waals surface area (Å²) < 4.78 is 1.66. The minimum atomic E-state index is 0.273. The van der Waals surface area contributed by atoms with Crippen LogP contribution in [0.2, 0.25) is 0 Å². The standard InChI is InChI=1S/C11H18N6/c1-8(11(2,3)4)5-13-9-6-12-7-10-14-15-16-17(9)10/h6-8,13H,5H2,1-4H3. The molecule has 0 fully saturated rings. The largest absolute Gasteiger partial charge is 0.368 e. The number of tetrazole rings is 1. The van der Waals surface area contributed by atoms with Gasteiger partial charge < -0.3 is 5.32 Å². The molecule has 0 spiro atoms. The first-order valence-corrected chi connectivity index (χ1v) is 5.74. The highest BCUT2D eigenvalue weighted by Gasteiger charge is 2.19. The fourth-order valence-corrected chi connectivity index (χ4v) is 1.36. The van der Waals surface area contributed by atoms with Gasteiger partial charge in [0.15, 0.2) is 5.65 Å². The second-order valence-electron chi connectivity index (χ2n) is 5.39. The van der Waals surface area contributed by atoms with E-state index in [0.717, 1.165) is 12.4 Å². The zero-order valence-corrected chi connectivity index (χ0v) is 10.7. The number of anilines is 1. The van der Waals surface area contributed by atoms with Crippen molar-refractivity contribution in [3.63, 3.8) is 0 Å². The number of fused-ring (bicyclic) bond motifs is 1. The van der Waals surface area contributed by atoms with E-state index in [1.165, 1.54) is 0 Å². The maximum Gasteiger partial charge on any atom is 0.199 e. The van der Waals surface area contributed by atoms with Gasteiger partial charge in [-0.3, -0.25) is 4.98 Å². The molecule has 0 bridgehead atoms. The molecule has 0 aliphatic rings. The molecule has 2 aromatic rings. The molecule has 92 valence electrons. The van der Waals surface area contributed by atoms with Crippen molar-refractivity contribution >= 4 is 11.5 Å². The molecular weight excluding hydrogens is 216 g/mol. The highest BCUT2D eigenvalue weighted by Crippen LogP contribution is 2.25. The number of nitrogens with one attached hydrogen (secondary N) is 1. The monoisotopic (exact) mass is 234 g/mol. The van der Waals surface area contributed by atoms with Crippen molar-refractivity contribution in [1.82, 2.24) is 25.0 Å². The lowest BCUT2D eigenvalue weighted by atomic mass is 9.82. The van der Waals surface area contributed by atoms with E-state index >= 15 is 0 Å². The molecule has 1 unspecified atom stereocenters. The van der Waals surface area contributed by atoms with Crippen molar-refractivity contribution < 1.29 is 0 Å². The van der Waals surface area contributed by atoms with Gasteiger partial charge in [0.1, 0.15) is 5.82 Å². The number of rotatable bonds is 3. The third-order valence-corrected chi connectivity index (χ3v) is 3.18. The third-order valence-electron chi connectivity index (χ3n) is 3.18. The van der Waals surface area contributed by atoms with Crippen LogP contribution in [0.3, 0.4) is 0 Å². The fourth-order valence-electron chi connectivity index (χ4n) is 1.36. The van der Waals surface area contributed by atoms with Gasteiger partial charge in [-0.15, -0.1) is 5.10 Å². The van der Waals surface area contributed by atoms with Crippen molar-refractivity contribution in [1.29, 1.82) is 0 Å². The maximum absolute atomic E-state index is 4.10. The number of aromatic nitrogens is 5. The molecule has 0 saturated heterocycles. The highest BCUT2D eigenvalue weighted by molar-refractivity contribution is 5.43. The zero-order chi connectivity index (χ0) is 12.5. The Balaban J connectivity index is 2.12. The van der Waals surface area contributed by atoms with Gasteiger partial charge in [0.2, 0.25) is 0 Å². The average molecular weight is 234 g/mol. The van der Waals surface area contributed by atoms with Crippen molar-refractivity contribution in [2.24, 2.45) is 11.3 Å². The Hall–Kier alpha value is -1.72. The molecule has 2 heterocycles. The van der Waals surface area contributed by atoms with Gasteiger partial charge in [-0.25, -0.2) is 0 Å². The summed E-state index contributed by atoms with van der Waals surface area (Å²) in [4.78, 5) is 4.10. The summed E-state index contributed by atoms with van der Waals surface area (Å²) in [6, 6.07) is 0. The van der Waals surface area contributed by atoms with Gasteiger partial charge in [-0.2, -0.15) is 4.52 Å². The van der Waals surface area contributed by atoms with E-state index in [0.29, 0.717) is 11.6 Å². The van der Waals surface area contributed by atoms with Gasteiger partial charge in [0.25, 0.3) is 0 Å². The second kappa shape index (κ2) is 4.27. The summed E-state index contributed by atoms with van der Waals surface area (Å²) >= 11 is 0. The first-order valence-electron chi connectivity index (χ1n) is 5.74. The Labute approximate surface area is 100 Å². The number of hydrogen-bond donors (Lipinski definition) is 1. The van der Waals surface area contributed by atoms with E-state index < -0.39 is 0 Å². The Morgan fingerprint density at radius 1 is 1.35 bits per heavy atom. The van der Waals surface area contributed by atoms with Crippen molar-refractivity contribution in [3.05, 3.63) is 12.4 Å². The summed E-state index contributed by atoms with van der Waals surface area (Å²) in [5, 5.41) is 14.7. The molecule has 1 atom stereocenters. The van der Waals surface area contributed by atoms with Crippen LogP contribution in [-0.4, -0.2) is 31.6 Å². The lowest BCUT2D eigenvalue weighted by Crippen LogP contribution is -2.25. The first kappa shape index (κ1) is 11.8. The summed E-state index contributed by atoms with van der Waals surface area (Å²) in [5.74, 6) is 1.36. The molecule has 6 nitrogen and oxygen atoms in total. The van der Waals surface area contributed by atoms with E-state index in [9.17, 15) is 0 Å². The molecular formula is C11H18N6. The van der Waals surface area contributed by atoms with E-state index in [-0.39, 0.29) is 5.41 Å². The number of nitrogens with zero attached hydrogens (tertiary/aromatic N) is 5. The zero-order valence-electron chi connectivity index (χ0n) is 10.7. The van der Waals surface area contributed by atoms with Crippen molar-refractivity contribution in [2.45, 2.75) is 27.7 Å². The Kier molecular flexibility index (Phi) is 2.95. The van der Waals surface area contributed by atoms with Gasteiger partial charge in [0.05, 0.1) is 12.4 Å². The Morgan fingerprint density at radius 3 is 2.82 bits per heavy atom. The molecule has 0 aromatic carbocycles. The predicted molar refractivity (Wildman–Crippen MR) is 65.7 cm³/mol. The van der Waals surface area contributed by atoms with Gasteiger partial charge in [0, 0.05) is 6.54 Å². The van der Waals surface area contributed by atoms with E-state index in [4.69, 9.17) is 0 Å². The molecule has 0 aliphatic heterocycles. The minimum absolute atomic E-state index is 0.273. The van der Waals surface area contributed by atoms with Gasteiger partial charge in [-0.1, -0.05) is 27.7 Å². The quantitative estimate of drug-likeness (QED) is 0.874. The molecule has 6 heteroatoms. The van der Waals surface area contributed by atoms with Crippen LogP contribution in [0.25, 0.3) is 5.65 Å². The molecule has 17 heavy (non-hydrogen) atoms. The topological polar surface area (TPSA) is 68.0 Å². The van der Waals surface area contributed by atoms with Crippen LogP contribution in [-0.2, 0) is 0 Å². The fraction of sp³-hybridized carbons (Fsp3) is 0.636. The molecule has 0 saturated carbocycles. The van der Waals surface area contributed by atoms with Crippen LogP contribution in [0, 0.1) is 11.3 Å². The molecule has 0 amide bonds. The van der Waals surface area contributed by atoms with Crippen LogP contribution in [0.1, 0.15) is 27.7 Å². The van der Waals surface area contributed by atoms with Crippen LogP contribution < -0.4 is 5.32 Å². The average Bonchev–Trinajstić information content (AvgIpc) is 2.72. The van der Waals surface area contributed by atoms with Crippen LogP contribution in [0.15, 0.2) is 12.4 Å². The second-order valence-corrected chi connectivity index (χ2v) is 5.39. The molecule has 0 aliphatic carbocycles. The first-order chi connectivity index (χ1) is 7.98. The van der Waals surface area contributed by atoms with E-state index in [1.807, 2.05) is 0 Å². The van der Waals surface area contributed by atoms with E-state index in [2.05, 4.69) is 53.5 Å². The van der Waals surface area contributed by atoms with Crippen molar-refractivity contribution in [3.8, 4) is 0 Å². The lowest BCUT2D eigenvalue weighted by molar-refractivity contribution is 0.274. The summed E-state index contributed by atoms with van der Waals surface area (Å²) in [7, 11) is 0. The minimum Gasteiger partial charge on any atom is -0.368 e. The normalized spacial score (nSPS) is 13.9. The van der Waals surface area contributed by atoms with Crippen LogP contribution >= 0.6 is 0 Å². The Morgan fingerprint density at radius 2 is 2.12 bits per heavy atom. The predicted octanol–water partition coefficient (Wildman–Crippen LogP) is 1.61. The molecule has 0 radical (unpaired) electrons. The summed E-state index contributed by atoms with van der Waals surface area (Å²) in [6.07, 6.45) is 3.37. The summed E-state index contributed by atoms with van der Waals surface area (Å²) in [6.45, 7) is 9.78. The maximum atomic E-state index is 4.10. The molecule has 1 N–H and O–H groups in total. The van der Waals surface area contributed by atoms with Crippen LogP contribution in [0.5, 0.6) is 0 Å². The Bertz CT molecular complexity index is 498. The molecule has 2 rings (SSSR count). The third kappa shape index (κ3) is 2.51. The smallest absolute Gasteiger partial charge is 0.199 e.